The van der Waals surface area contributed by atoms with Crippen LogP contribution >= 0.6 is 0 Å². The molecule has 116 valence electrons. The molecule has 0 amide bonds. The molecule has 0 radical (unpaired) electrons. The van der Waals surface area contributed by atoms with Crippen LogP contribution in [-0.2, 0) is 11.2 Å². The third kappa shape index (κ3) is 2.04. The SMILES string of the molecule is COc1ccc2c(c1)CCC1=C2CC[C@]2(C)CCC(=O)C[C@H]12. The van der Waals surface area contributed by atoms with Crippen molar-refractivity contribution in [3.8, 4) is 5.75 Å². The summed E-state index contributed by atoms with van der Waals surface area (Å²) in [6, 6.07) is 6.50. The highest BCUT2D eigenvalue weighted by molar-refractivity contribution is 5.82. The van der Waals surface area contributed by atoms with E-state index in [2.05, 4.69) is 25.1 Å². The first-order valence-corrected chi connectivity index (χ1v) is 8.52. The van der Waals surface area contributed by atoms with Crippen LogP contribution < -0.4 is 4.74 Å². The Labute approximate surface area is 132 Å². The smallest absolute Gasteiger partial charge is 0.133 e. The van der Waals surface area contributed by atoms with Gasteiger partial charge in [-0.1, -0.05) is 18.6 Å². The van der Waals surface area contributed by atoms with Crippen molar-refractivity contribution in [2.45, 2.75) is 51.9 Å². The molecule has 0 saturated heterocycles. The second kappa shape index (κ2) is 4.97. The summed E-state index contributed by atoms with van der Waals surface area (Å²) in [5.74, 6) is 1.92. The van der Waals surface area contributed by atoms with E-state index in [1.807, 2.05) is 0 Å². The van der Waals surface area contributed by atoms with E-state index in [1.165, 1.54) is 24.0 Å². The third-order valence-corrected chi connectivity index (χ3v) is 6.30. The van der Waals surface area contributed by atoms with Gasteiger partial charge >= 0.3 is 0 Å². The molecule has 1 fully saturated rings. The number of carbonyl (C=O) groups excluding carboxylic acids is 1. The molecule has 1 aromatic carbocycles. The van der Waals surface area contributed by atoms with Crippen molar-refractivity contribution in [2.75, 3.05) is 7.11 Å². The Morgan fingerprint density at radius 3 is 2.77 bits per heavy atom. The van der Waals surface area contributed by atoms with E-state index in [1.54, 1.807) is 18.3 Å². The zero-order chi connectivity index (χ0) is 15.3. The van der Waals surface area contributed by atoms with E-state index >= 15 is 0 Å². The Kier molecular flexibility index (Phi) is 3.18. The van der Waals surface area contributed by atoms with Crippen LogP contribution in [-0.4, -0.2) is 12.9 Å². The first-order valence-electron chi connectivity index (χ1n) is 8.52. The molecule has 3 aliphatic carbocycles. The molecular weight excluding hydrogens is 272 g/mol. The Morgan fingerprint density at radius 2 is 1.95 bits per heavy atom. The van der Waals surface area contributed by atoms with Gasteiger partial charge in [-0.2, -0.15) is 0 Å². The van der Waals surface area contributed by atoms with E-state index in [-0.39, 0.29) is 0 Å². The highest BCUT2D eigenvalue weighted by Gasteiger charge is 2.45. The van der Waals surface area contributed by atoms with Crippen molar-refractivity contribution in [1.29, 1.82) is 0 Å². The maximum atomic E-state index is 12.0. The molecule has 1 saturated carbocycles. The first kappa shape index (κ1) is 14.0. The monoisotopic (exact) mass is 296 g/mol. The van der Waals surface area contributed by atoms with Crippen LogP contribution in [0.15, 0.2) is 23.8 Å². The van der Waals surface area contributed by atoms with Crippen LogP contribution in [0.4, 0.5) is 0 Å². The summed E-state index contributed by atoms with van der Waals surface area (Å²) in [5.41, 5.74) is 6.34. The van der Waals surface area contributed by atoms with Gasteiger partial charge in [0.15, 0.2) is 0 Å². The van der Waals surface area contributed by atoms with Crippen molar-refractivity contribution in [3.05, 3.63) is 34.9 Å². The Hall–Kier alpha value is -1.57. The average molecular weight is 296 g/mol. The van der Waals surface area contributed by atoms with E-state index in [0.717, 1.165) is 37.9 Å². The van der Waals surface area contributed by atoms with Gasteiger partial charge in [-0.15, -0.1) is 0 Å². The molecule has 0 heterocycles. The predicted molar refractivity (Wildman–Crippen MR) is 87.9 cm³/mol. The fourth-order valence-corrected chi connectivity index (χ4v) is 4.90. The lowest BCUT2D eigenvalue weighted by atomic mass is 9.56. The first-order chi connectivity index (χ1) is 10.6. The molecular formula is C20H24O2. The molecule has 0 N–H and O–H groups in total. The molecule has 0 spiro atoms. The average Bonchev–Trinajstić information content (AvgIpc) is 2.54. The minimum atomic E-state index is 0.358. The molecule has 4 rings (SSSR count). The topological polar surface area (TPSA) is 26.3 Å². The summed E-state index contributed by atoms with van der Waals surface area (Å²) in [6.07, 6.45) is 7.28. The summed E-state index contributed by atoms with van der Waals surface area (Å²) in [7, 11) is 1.73. The van der Waals surface area contributed by atoms with Crippen LogP contribution in [0.5, 0.6) is 5.75 Å². The van der Waals surface area contributed by atoms with E-state index < -0.39 is 0 Å². The Balaban J connectivity index is 1.79. The van der Waals surface area contributed by atoms with Gasteiger partial charge < -0.3 is 4.74 Å². The second-order valence-electron chi connectivity index (χ2n) is 7.48. The van der Waals surface area contributed by atoms with Crippen molar-refractivity contribution in [2.24, 2.45) is 11.3 Å². The lowest BCUT2D eigenvalue weighted by Gasteiger charge is -2.48. The summed E-state index contributed by atoms with van der Waals surface area (Å²) in [4.78, 5) is 12.0. The van der Waals surface area contributed by atoms with Crippen molar-refractivity contribution < 1.29 is 9.53 Å². The van der Waals surface area contributed by atoms with Crippen molar-refractivity contribution >= 4 is 11.4 Å². The fourth-order valence-electron chi connectivity index (χ4n) is 4.90. The molecule has 2 nitrogen and oxygen atoms in total. The molecule has 0 aliphatic heterocycles. The third-order valence-electron chi connectivity index (χ3n) is 6.30. The highest BCUT2D eigenvalue weighted by Crippen LogP contribution is 2.55. The summed E-state index contributed by atoms with van der Waals surface area (Å²) in [5, 5.41) is 0. The molecule has 0 bridgehead atoms. The van der Waals surface area contributed by atoms with Gasteiger partial charge in [-0.3, -0.25) is 4.79 Å². The number of hydrogen-bond acceptors (Lipinski definition) is 2. The number of Topliss-reactive ketones (excluding diaryl/α,β-unsaturated/α-hetero) is 1. The molecule has 0 unspecified atom stereocenters. The summed E-state index contributed by atoms with van der Waals surface area (Å²) >= 11 is 0. The summed E-state index contributed by atoms with van der Waals surface area (Å²) in [6.45, 7) is 2.41. The van der Waals surface area contributed by atoms with Gasteiger partial charge in [-0.05, 0) is 72.3 Å². The lowest BCUT2D eigenvalue weighted by Crippen LogP contribution is -2.39. The number of methoxy groups -OCH3 is 1. The minimum absolute atomic E-state index is 0.358. The zero-order valence-electron chi connectivity index (χ0n) is 13.6. The van der Waals surface area contributed by atoms with Crippen LogP contribution in [0.3, 0.4) is 0 Å². The molecule has 1 aromatic rings. The van der Waals surface area contributed by atoms with E-state index in [4.69, 9.17) is 4.74 Å². The number of ether oxygens (including phenoxy) is 1. The van der Waals surface area contributed by atoms with E-state index in [0.29, 0.717) is 17.1 Å². The van der Waals surface area contributed by atoms with Gasteiger partial charge in [0.25, 0.3) is 0 Å². The van der Waals surface area contributed by atoms with Crippen LogP contribution in [0.25, 0.3) is 5.57 Å². The zero-order valence-corrected chi connectivity index (χ0v) is 13.6. The molecule has 2 heteroatoms. The van der Waals surface area contributed by atoms with Crippen LogP contribution in [0.2, 0.25) is 0 Å². The number of ketones is 1. The number of fused-ring (bicyclic) bond motifs is 4. The maximum Gasteiger partial charge on any atom is 0.133 e. The van der Waals surface area contributed by atoms with Crippen LogP contribution in [0.1, 0.15) is 56.6 Å². The van der Waals surface area contributed by atoms with Crippen molar-refractivity contribution in [1.82, 2.24) is 0 Å². The molecule has 0 aromatic heterocycles. The van der Waals surface area contributed by atoms with Gasteiger partial charge in [0.05, 0.1) is 7.11 Å². The van der Waals surface area contributed by atoms with Gasteiger partial charge in [0, 0.05) is 12.8 Å². The minimum Gasteiger partial charge on any atom is -0.497 e. The van der Waals surface area contributed by atoms with Crippen LogP contribution in [0, 0.1) is 11.3 Å². The van der Waals surface area contributed by atoms with Gasteiger partial charge in [0.2, 0.25) is 0 Å². The maximum absolute atomic E-state index is 12.0. The number of aryl methyl sites for hydroxylation is 1. The molecule has 22 heavy (non-hydrogen) atoms. The largest absolute Gasteiger partial charge is 0.497 e. The van der Waals surface area contributed by atoms with Crippen molar-refractivity contribution in [3.63, 3.8) is 0 Å². The standard InChI is InChI=1S/C20H24O2/c1-20-9-7-14(21)12-19(20)18-5-3-13-11-15(22-2)4-6-16(13)17(18)8-10-20/h4,6,11,19H,3,5,7-10,12H2,1-2H3/t19-,20+/m1/s1. The van der Waals surface area contributed by atoms with E-state index in [9.17, 15) is 4.79 Å². The number of carbonyl (C=O) groups is 1. The number of hydrogen-bond donors (Lipinski definition) is 0. The quantitative estimate of drug-likeness (QED) is 0.759. The fraction of sp³-hybridized carbons (Fsp3) is 0.550. The lowest BCUT2D eigenvalue weighted by molar-refractivity contribution is -0.124. The Bertz CT molecular complexity index is 670. The highest BCUT2D eigenvalue weighted by atomic mass is 16.5. The number of rotatable bonds is 1. The van der Waals surface area contributed by atoms with Gasteiger partial charge in [0.1, 0.15) is 11.5 Å². The molecule has 3 aliphatic rings. The predicted octanol–water partition coefficient (Wildman–Crippen LogP) is 4.56. The number of allylic oxidation sites excluding steroid dienone is 2. The normalized spacial score (nSPS) is 30.5. The summed E-state index contributed by atoms with van der Waals surface area (Å²) < 4.78 is 5.37. The second-order valence-corrected chi connectivity index (χ2v) is 7.48. The molecule has 2 atom stereocenters. The van der Waals surface area contributed by atoms with Gasteiger partial charge in [-0.25, -0.2) is 0 Å². The Morgan fingerprint density at radius 1 is 1.14 bits per heavy atom. The number of benzene rings is 1.